The fourth-order valence-corrected chi connectivity index (χ4v) is 1.78. The summed E-state index contributed by atoms with van der Waals surface area (Å²) in [5, 5.41) is 1.39. The Morgan fingerprint density at radius 3 is 2.81 bits per heavy atom. The van der Waals surface area contributed by atoms with Crippen LogP contribution in [0, 0.1) is 0 Å². The number of anilines is 1. The van der Waals surface area contributed by atoms with E-state index in [1.165, 1.54) is 0 Å². The molecule has 16 heavy (non-hydrogen) atoms. The number of nitrogens with zero attached hydrogens (tertiary/aromatic N) is 2. The summed E-state index contributed by atoms with van der Waals surface area (Å²) in [7, 11) is 0. The van der Waals surface area contributed by atoms with E-state index >= 15 is 0 Å². The van der Waals surface area contributed by atoms with Crippen LogP contribution >= 0.6 is 11.6 Å². The Kier molecular flexibility index (Phi) is 3.22. The van der Waals surface area contributed by atoms with Gasteiger partial charge in [0.15, 0.2) is 0 Å². The van der Waals surface area contributed by atoms with Crippen molar-refractivity contribution in [2.24, 2.45) is 5.73 Å². The number of nitrogen functional groups attached to an aromatic ring is 1. The van der Waals surface area contributed by atoms with Crippen molar-refractivity contribution in [2.45, 2.75) is 12.8 Å². The lowest BCUT2D eigenvalue weighted by molar-refractivity contribution is 0.788. The number of halogens is 1. The van der Waals surface area contributed by atoms with Crippen molar-refractivity contribution in [3.63, 3.8) is 0 Å². The fraction of sp³-hybridized carbons (Fsp3) is 0.273. The minimum absolute atomic E-state index is 0.472. The van der Waals surface area contributed by atoms with E-state index in [4.69, 9.17) is 23.1 Å². The predicted octanol–water partition coefficient (Wildman–Crippen LogP) is 1.76. The smallest absolute Gasteiger partial charge is 0.135 e. The third-order valence-electron chi connectivity index (χ3n) is 2.36. The van der Waals surface area contributed by atoms with Crippen LogP contribution in [-0.2, 0) is 6.42 Å². The second-order valence-electron chi connectivity index (χ2n) is 3.55. The van der Waals surface area contributed by atoms with Crippen LogP contribution in [0.25, 0.3) is 10.9 Å². The summed E-state index contributed by atoms with van der Waals surface area (Å²) in [6, 6.07) is 5.50. The Bertz CT molecular complexity index is 513. The van der Waals surface area contributed by atoms with E-state index < -0.39 is 0 Å². The summed E-state index contributed by atoms with van der Waals surface area (Å²) in [6.07, 6.45) is 1.57. The summed E-state index contributed by atoms with van der Waals surface area (Å²) in [5.74, 6) is 1.17. The first-order chi connectivity index (χ1) is 7.72. The maximum absolute atomic E-state index is 6.06. The van der Waals surface area contributed by atoms with Crippen LogP contribution in [0.15, 0.2) is 18.2 Å². The minimum Gasteiger partial charge on any atom is -0.383 e. The van der Waals surface area contributed by atoms with E-state index in [0.717, 1.165) is 18.2 Å². The Balaban J connectivity index is 2.52. The molecule has 1 heterocycles. The molecular formula is C11H13ClN4. The van der Waals surface area contributed by atoms with Gasteiger partial charge in [-0.15, -0.1) is 0 Å². The van der Waals surface area contributed by atoms with Gasteiger partial charge in [0.25, 0.3) is 0 Å². The molecule has 0 unspecified atom stereocenters. The number of rotatable bonds is 3. The van der Waals surface area contributed by atoms with Crippen LogP contribution < -0.4 is 11.5 Å². The molecule has 0 atom stereocenters. The molecule has 0 bridgehead atoms. The van der Waals surface area contributed by atoms with Crippen molar-refractivity contribution in [3.05, 3.63) is 29.0 Å². The van der Waals surface area contributed by atoms with Crippen LogP contribution in [0.2, 0.25) is 5.02 Å². The van der Waals surface area contributed by atoms with E-state index in [9.17, 15) is 0 Å². The van der Waals surface area contributed by atoms with Crippen molar-refractivity contribution in [1.29, 1.82) is 0 Å². The zero-order valence-corrected chi connectivity index (χ0v) is 9.54. The lowest BCUT2D eigenvalue weighted by Crippen LogP contribution is -2.05. The molecule has 0 amide bonds. The van der Waals surface area contributed by atoms with Gasteiger partial charge >= 0.3 is 0 Å². The largest absolute Gasteiger partial charge is 0.383 e. The lowest BCUT2D eigenvalue weighted by atomic mass is 10.2. The highest BCUT2D eigenvalue weighted by Gasteiger charge is 2.07. The number of aromatic nitrogens is 2. The molecule has 0 fully saturated rings. The van der Waals surface area contributed by atoms with E-state index in [0.29, 0.717) is 28.7 Å². The lowest BCUT2D eigenvalue weighted by Gasteiger charge is -2.05. The molecule has 2 aromatic rings. The highest BCUT2D eigenvalue weighted by molar-refractivity contribution is 6.35. The first kappa shape index (κ1) is 11.1. The number of hydrogen-bond acceptors (Lipinski definition) is 4. The van der Waals surface area contributed by atoms with E-state index in [2.05, 4.69) is 9.97 Å². The third kappa shape index (κ3) is 2.08. The van der Waals surface area contributed by atoms with Crippen LogP contribution in [-0.4, -0.2) is 16.5 Å². The topological polar surface area (TPSA) is 77.8 Å². The number of nitrogens with two attached hydrogens (primary N) is 2. The molecule has 0 aliphatic rings. The van der Waals surface area contributed by atoms with Crippen molar-refractivity contribution >= 4 is 28.3 Å². The van der Waals surface area contributed by atoms with Gasteiger partial charge in [0.1, 0.15) is 11.6 Å². The molecule has 2 rings (SSSR count). The van der Waals surface area contributed by atoms with E-state index in [1.807, 2.05) is 12.1 Å². The van der Waals surface area contributed by atoms with E-state index in [1.54, 1.807) is 6.07 Å². The molecule has 5 heteroatoms. The normalized spacial score (nSPS) is 10.9. The maximum Gasteiger partial charge on any atom is 0.135 e. The summed E-state index contributed by atoms with van der Waals surface area (Å²) in [4.78, 5) is 8.63. The molecule has 84 valence electrons. The summed E-state index contributed by atoms with van der Waals surface area (Å²) >= 11 is 6.06. The van der Waals surface area contributed by atoms with Gasteiger partial charge in [-0.1, -0.05) is 17.7 Å². The monoisotopic (exact) mass is 236 g/mol. The number of para-hydroxylation sites is 1. The average Bonchev–Trinajstić information content (AvgIpc) is 2.28. The number of benzene rings is 1. The van der Waals surface area contributed by atoms with Crippen LogP contribution in [0.3, 0.4) is 0 Å². The van der Waals surface area contributed by atoms with Crippen LogP contribution in [0.1, 0.15) is 12.2 Å². The predicted molar refractivity (Wildman–Crippen MR) is 66.3 cm³/mol. The Morgan fingerprint density at radius 2 is 2.06 bits per heavy atom. The quantitative estimate of drug-likeness (QED) is 0.851. The molecule has 4 N–H and O–H groups in total. The van der Waals surface area contributed by atoms with Crippen molar-refractivity contribution in [3.8, 4) is 0 Å². The van der Waals surface area contributed by atoms with Crippen molar-refractivity contribution < 1.29 is 0 Å². The molecule has 4 nitrogen and oxygen atoms in total. The van der Waals surface area contributed by atoms with Gasteiger partial charge in [0.2, 0.25) is 0 Å². The van der Waals surface area contributed by atoms with Crippen molar-refractivity contribution in [1.82, 2.24) is 9.97 Å². The Hall–Kier alpha value is -1.39. The SMILES string of the molecule is NCCCc1nc(N)c2cccc(Cl)c2n1. The number of aryl methyl sites for hydroxylation is 1. The van der Waals surface area contributed by atoms with Gasteiger partial charge in [-0.05, 0) is 25.1 Å². The van der Waals surface area contributed by atoms with Crippen molar-refractivity contribution in [2.75, 3.05) is 12.3 Å². The van der Waals surface area contributed by atoms with E-state index in [-0.39, 0.29) is 0 Å². The molecule has 1 aromatic carbocycles. The molecule has 0 spiro atoms. The highest BCUT2D eigenvalue weighted by atomic mass is 35.5. The van der Waals surface area contributed by atoms with Gasteiger partial charge in [-0.2, -0.15) is 0 Å². The average molecular weight is 237 g/mol. The molecule has 0 saturated carbocycles. The standard InChI is InChI=1S/C11H13ClN4/c12-8-4-1-3-7-10(8)15-9(5-2-6-13)16-11(7)14/h1,3-4H,2,5-6,13H2,(H2,14,15,16). The van der Waals surface area contributed by atoms with Gasteiger partial charge in [-0.25, -0.2) is 9.97 Å². The first-order valence-electron chi connectivity index (χ1n) is 5.13. The van der Waals surface area contributed by atoms with Gasteiger partial charge < -0.3 is 11.5 Å². The van der Waals surface area contributed by atoms with Crippen LogP contribution in [0.5, 0.6) is 0 Å². The van der Waals surface area contributed by atoms with Gasteiger partial charge in [0, 0.05) is 11.8 Å². The van der Waals surface area contributed by atoms with Crippen LogP contribution in [0.4, 0.5) is 5.82 Å². The molecule has 0 aliphatic heterocycles. The second kappa shape index (κ2) is 4.63. The molecule has 0 saturated heterocycles. The fourth-order valence-electron chi connectivity index (χ4n) is 1.56. The number of fused-ring (bicyclic) bond motifs is 1. The molecule has 0 radical (unpaired) electrons. The Morgan fingerprint density at radius 1 is 1.25 bits per heavy atom. The number of hydrogen-bond donors (Lipinski definition) is 2. The third-order valence-corrected chi connectivity index (χ3v) is 2.66. The Labute approximate surface area is 98.6 Å². The zero-order chi connectivity index (χ0) is 11.5. The second-order valence-corrected chi connectivity index (χ2v) is 3.96. The highest BCUT2D eigenvalue weighted by Crippen LogP contribution is 2.24. The summed E-state index contributed by atoms with van der Waals surface area (Å²) in [5.41, 5.74) is 12.0. The first-order valence-corrected chi connectivity index (χ1v) is 5.51. The van der Waals surface area contributed by atoms with Gasteiger partial charge in [-0.3, -0.25) is 0 Å². The minimum atomic E-state index is 0.472. The maximum atomic E-state index is 6.06. The van der Waals surface area contributed by atoms with Gasteiger partial charge in [0.05, 0.1) is 10.5 Å². The molecular weight excluding hydrogens is 224 g/mol. The molecule has 1 aromatic heterocycles. The molecule has 0 aliphatic carbocycles. The summed E-state index contributed by atoms with van der Waals surface area (Å²) in [6.45, 7) is 0.615. The zero-order valence-electron chi connectivity index (χ0n) is 8.78. The summed E-state index contributed by atoms with van der Waals surface area (Å²) < 4.78 is 0.